The molecule has 0 aromatic heterocycles. The van der Waals surface area contributed by atoms with E-state index >= 15 is 0 Å². The number of nitrogens with two attached hydrogens (primary N) is 2. The minimum Gasteiger partial charge on any atom is -0.488 e. The monoisotopic (exact) mass is 457 g/mol. The Kier molecular flexibility index (Phi) is 6.38. The lowest BCUT2D eigenvalue weighted by Crippen LogP contribution is -2.42. The van der Waals surface area contributed by atoms with E-state index in [1.165, 1.54) is 16.7 Å². The topological polar surface area (TPSA) is 96.8 Å². The highest BCUT2D eigenvalue weighted by Crippen LogP contribution is 2.33. The highest BCUT2D eigenvalue weighted by molar-refractivity contribution is 6.02. The number of nitrogens with zero attached hydrogens (tertiary/aromatic N) is 2. The van der Waals surface area contributed by atoms with Gasteiger partial charge in [-0.15, -0.1) is 0 Å². The van der Waals surface area contributed by atoms with Crippen LogP contribution in [0.4, 0.5) is 11.4 Å². The molecular weight excluding hydrogens is 426 g/mol. The van der Waals surface area contributed by atoms with Gasteiger partial charge in [0.25, 0.3) is 5.91 Å². The fraction of sp³-hybridized carbons (Fsp3) is 0.296. The van der Waals surface area contributed by atoms with E-state index in [1.54, 1.807) is 12.1 Å². The Labute approximate surface area is 200 Å². The van der Waals surface area contributed by atoms with Gasteiger partial charge < -0.3 is 26.4 Å². The van der Waals surface area contributed by atoms with Crippen molar-refractivity contribution in [3.8, 4) is 5.75 Å². The minimum absolute atomic E-state index is 0.139. The number of piperazine rings is 1. The molecule has 2 aliphatic heterocycles. The molecule has 1 saturated heterocycles. The first-order chi connectivity index (χ1) is 16.6. The van der Waals surface area contributed by atoms with Crippen LogP contribution in [-0.4, -0.2) is 41.9 Å². The third kappa shape index (κ3) is 4.85. The summed E-state index contributed by atoms with van der Waals surface area (Å²) in [7, 11) is 0. The Hall–Kier alpha value is -3.55. The number of nitrogen functional groups attached to an aromatic ring is 2. The molecule has 0 atom stereocenters. The number of carbonyl (C=O) groups is 1. The molecule has 2 aliphatic rings. The number of rotatable bonds is 6. The van der Waals surface area contributed by atoms with Crippen LogP contribution in [-0.2, 0) is 26.2 Å². The van der Waals surface area contributed by atoms with Crippen molar-refractivity contribution < 1.29 is 9.53 Å². The number of anilines is 2. The summed E-state index contributed by atoms with van der Waals surface area (Å²) in [5, 5.41) is 3.39. The zero-order valence-electron chi connectivity index (χ0n) is 19.3. The first-order valence-corrected chi connectivity index (χ1v) is 11.8. The van der Waals surface area contributed by atoms with Crippen molar-refractivity contribution >= 4 is 17.3 Å². The van der Waals surface area contributed by atoms with Gasteiger partial charge in [0.15, 0.2) is 0 Å². The second-order valence-electron chi connectivity index (χ2n) is 9.05. The number of nitrogens with one attached hydrogen (secondary N) is 1. The van der Waals surface area contributed by atoms with Crippen LogP contribution < -0.4 is 21.5 Å². The molecule has 1 fully saturated rings. The predicted molar refractivity (Wildman–Crippen MR) is 134 cm³/mol. The number of ether oxygens (including phenoxy) is 1. The van der Waals surface area contributed by atoms with Crippen LogP contribution >= 0.6 is 0 Å². The van der Waals surface area contributed by atoms with Crippen molar-refractivity contribution in [2.45, 2.75) is 26.2 Å². The zero-order valence-corrected chi connectivity index (χ0v) is 19.3. The molecule has 5 rings (SSSR count). The van der Waals surface area contributed by atoms with Crippen molar-refractivity contribution in [1.29, 1.82) is 0 Å². The van der Waals surface area contributed by atoms with Crippen LogP contribution in [0.3, 0.4) is 0 Å². The average molecular weight is 458 g/mol. The first-order valence-electron chi connectivity index (χ1n) is 11.8. The molecule has 34 heavy (non-hydrogen) atoms. The van der Waals surface area contributed by atoms with Crippen LogP contribution in [0, 0.1) is 0 Å². The summed E-state index contributed by atoms with van der Waals surface area (Å²) in [5.74, 6) is 0.280. The normalized spacial score (nSPS) is 15.8. The zero-order chi connectivity index (χ0) is 23.5. The van der Waals surface area contributed by atoms with Crippen molar-refractivity contribution in [1.82, 2.24) is 15.1 Å². The van der Waals surface area contributed by atoms with E-state index in [2.05, 4.69) is 28.4 Å². The Morgan fingerprint density at radius 2 is 1.68 bits per heavy atom. The summed E-state index contributed by atoms with van der Waals surface area (Å²) in [6.07, 6.45) is 0. The molecule has 7 heteroatoms. The maximum atomic E-state index is 13.6. The molecule has 5 N–H and O–H groups in total. The molecule has 176 valence electrons. The number of amides is 1. The number of carbonyl (C=O) groups excluding carboxylic acids is 1. The Morgan fingerprint density at radius 3 is 2.47 bits per heavy atom. The molecule has 7 nitrogen and oxygen atoms in total. The summed E-state index contributed by atoms with van der Waals surface area (Å²) in [6.45, 7) is 6.57. The molecule has 0 aliphatic carbocycles. The quantitative estimate of drug-likeness (QED) is 0.493. The fourth-order valence-electron chi connectivity index (χ4n) is 4.71. The van der Waals surface area contributed by atoms with E-state index < -0.39 is 0 Å². The minimum atomic E-state index is -0.139. The smallest absolute Gasteiger partial charge is 0.260 e. The van der Waals surface area contributed by atoms with Crippen molar-refractivity contribution in [3.05, 3.63) is 88.5 Å². The van der Waals surface area contributed by atoms with Gasteiger partial charge in [-0.2, -0.15) is 0 Å². The van der Waals surface area contributed by atoms with Crippen molar-refractivity contribution in [3.63, 3.8) is 0 Å². The lowest BCUT2D eigenvalue weighted by atomic mass is 10.1. The van der Waals surface area contributed by atoms with E-state index in [0.29, 0.717) is 42.4 Å². The fourth-order valence-corrected chi connectivity index (χ4v) is 4.71. The highest BCUT2D eigenvalue weighted by Gasteiger charge is 2.28. The van der Waals surface area contributed by atoms with Gasteiger partial charge in [0, 0.05) is 57.6 Å². The number of benzene rings is 3. The molecule has 0 spiro atoms. The van der Waals surface area contributed by atoms with Gasteiger partial charge in [0.2, 0.25) is 0 Å². The van der Waals surface area contributed by atoms with Crippen molar-refractivity contribution in [2.24, 2.45) is 0 Å². The third-order valence-corrected chi connectivity index (χ3v) is 6.50. The summed E-state index contributed by atoms with van der Waals surface area (Å²) in [5.41, 5.74) is 18.1. The van der Waals surface area contributed by atoms with Gasteiger partial charge in [0.05, 0.1) is 5.69 Å². The lowest BCUT2D eigenvalue weighted by molar-refractivity contribution is 0.0747. The molecule has 0 unspecified atom stereocenters. The lowest BCUT2D eigenvalue weighted by Gasteiger charge is -2.27. The van der Waals surface area contributed by atoms with Crippen molar-refractivity contribution in [2.75, 3.05) is 37.6 Å². The molecule has 3 aromatic rings. The third-order valence-electron chi connectivity index (χ3n) is 6.50. The van der Waals surface area contributed by atoms with Crippen LogP contribution in [0.25, 0.3) is 0 Å². The van der Waals surface area contributed by atoms with Gasteiger partial charge in [-0.25, -0.2) is 0 Å². The molecule has 2 heterocycles. The maximum absolute atomic E-state index is 13.6. The highest BCUT2D eigenvalue weighted by atomic mass is 16.5. The number of hydrogen-bond donors (Lipinski definition) is 3. The Balaban J connectivity index is 1.32. The average Bonchev–Trinajstić information content (AvgIpc) is 3.27. The summed E-state index contributed by atoms with van der Waals surface area (Å²) >= 11 is 0. The molecular formula is C27H31N5O2. The van der Waals surface area contributed by atoms with Crippen LogP contribution in [0.5, 0.6) is 5.75 Å². The summed E-state index contributed by atoms with van der Waals surface area (Å²) in [4.78, 5) is 17.9. The Morgan fingerprint density at radius 1 is 0.912 bits per heavy atom. The van der Waals surface area contributed by atoms with Gasteiger partial charge in [0.1, 0.15) is 17.9 Å². The van der Waals surface area contributed by atoms with Crippen LogP contribution in [0.2, 0.25) is 0 Å². The van der Waals surface area contributed by atoms with Gasteiger partial charge in [-0.3, -0.25) is 9.69 Å². The number of fused-ring (bicyclic) bond motifs is 1. The van der Waals surface area contributed by atoms with E-state index in [-0.39, 0.29) is 5.91 Å². The standard InChI is InChI=1S/C27H31N5O2/c28-23-13-24(29)26(25(14-23)34-18-19-4-2-1-3-5-19)27(33)32-16-21-7-6-20(12-22(21)17-32)15-31-10-8-30-9-11-31/h1-7,12-14,30H,8-11,15-18,28-29H2. The second kappa shape index (κ2) is 9.75. The van der Waals surface area contributed by atoms with E-state index in [0.717, 1.165) is 38.3 Å². The Bertz CT molecular complexity index is 1180. The number of hydrogen-bond acceptors (Lipinski definition) is 6. The molecule has 3 aromatic carbocycles. The summed E-state index contributed by atoms with van der Waals surface area (Å²) < 4.78 is 6.03. The SMILES string of the molecule is Nc1cc(N)c(C(=O)N2Cc3ccc(CN4CCNCC4)cc3C2)c(OCc2ccccc2)c1. The van der Waals surface area contributed by atoms with Gasteiger partial charge >= 0.3 is 0 Å². The largest absolute Gasteiger partial charge is 0.488 e. The molecule has 0 radical (unpaired) electrons. The van der Waals surface area contributed by atoms with E-state index in [1.807, 2.05) is 35.2 Å². The van der Waals surface area contributed by atoms with Gasteiger partial charge in [-0.1, -0.05) is 48.5 Å². The summed E-state index contributed by atoms with van der Waals surface area (Å²) in [6, 6.07) is 19.7. The van der Waals surface area contributed by atoms with E-state index in [9.17, 15) is 4.79 Å². The molecule has 0 bridgehead atoms. The maximum Gasteiger partial charge on any atom is 0.260 e. The molecule has 1 amide bonds. The van der Waals surface area contributed by atoms with Crippen LogP contribution in [0.1, 0.15) is 32.6 Å². The van der Waals surface area contributed by atoms with Gasteiger partial charge in [-0.05, 0) is 28.3 Å². The first kappa shape index (κ1) is 22.3. The predicted octanol–water partition coefficient (Wildman–Crippen LogP) is 2.99. The molecule has 0 saturated carbocycles. The van der Waals surface area contributed by atoms with E-state index in [4.69, 9.17) is 16.2 Å². The second-order valence-corrected chi connectivity index (χ2v) is 9.05. The van der Waals surface area contributed by atoms with Crippen LogP contribution in [0.15, 0.2) is 60.7 Å².